The molecule has 31 heavy (non-hydrogen) atoms. The van der Waals surface area contributed by atoms with E-state index in [2.05, 4.69) is 32.2 Å². The molecule has 1 aromatic carbocycles. The van der Waals surface area contributed by atoms with Gasteiger partial charge in [0.1, 0.15) is 11.6 Å². The number of piperazine rings is 1. The van der Waals surface area contributed by atoms with Gasteiger partial charge in [0, 0.05) is 44.0 Å². The van der Waals surface area contributed by atoms with Crippen LogP contribution < -0.4 is 15.0 Å². The van der Waals surface area contributed by atoms with Crippen molar-refractivity contribution in [1.29, 1.82) is 0 Å². The summed E-state index contributed by atoms with van der Waals surface area (Å²) in [5.74, 6) is 2.67. The van der Waals surface area contributed by atoms with Gasteiger partial charge in [0.2, 0.25) is 0 Å². The lowest BCUT2D eigenvalue weighted by atomic mass is 9.84. The first kappa shape index (κ1) is 21.6. The van der Waals surface area contributed by atoms with Crippen molar-refractivity contribution in [2.45, 2.75) is 38.1 Å². The predicted octanol–water partition coefficient (Wildman–Crippen LogP) is 3.59. The number of amides is 1. The molecule has 2 heterocycles. The molecule has 6 nitrogen and oxygen atoms in total. The van der Waals surface area contributed by atoms with Gasteiger partial charge in [-0.25, -0.2) is 4.98 Å². The highest BCUT2D eigenvalue weighted by molar-refractivity contribution is 5.94. The lowest BCUT2D eigenvalue weighted by molar-refractivity contribution is 0.0919. The average molecular weight is 423 g/mol. The summed E-state index contributed by atoms with van der Waals surface area (Å²) in [5.41, 5.74) is 0.702. The van der Waals surface area contributed by atoms with E-state index in [0.29, 0.717) is 11.6 Å². The minimum Gasteiger partial charge on any atom is -0.497 e. The number of aromatic nitrogens is 1. The number of carbonyl (C=O) groups is 1. The number of benzene rings is 1. The zero-order valence-corrected chi connectivity index (χ0v) is 18.5. The highest BCUT2D eigenvalue weighted by atomic mass is 16.5. The van der Waals surface area contributed by atoms with Crippen LogP contribution in [-0.4, -0.2) is 61.7 Å². The second-order valence-corrected chi connectivity index (χ2v) is 8.72. The van der Waals surface area contributed by atoms with Gasteiger partial charge >= 0.3 is 0 Å². The fourth-order valence-electron chi connectivity index (χ4n) is 4.71. The number of nitrogens with one attached hydrogen (secondary N) is 1. The summed E-state index contributed by atoms with van der Waals surface area (Å²) >= 11 is 0. The van der Waals surface area contributed by atoms with Crippen LogP contribution in [0.2, 0.25) is 0 Å². The van der Waals surface area contributed by atoms with E-state index in [1.54, 1.807) is 7.11 Å². The fraction of sp³-hybridized carbons (Fsp3) is 0.520. The number of hydrogen-bond acceptors (Lipinski definition) is 5. The molecule has 0 atom stereocenters. The van der Waals surface area contributed by atoms with Gasteiger partial charge in [-0.1, -0.05) is 6.07 Å². The van der Waals surface area contributed by atoms with Crippen molar-refractivity contribution in [3.05, 3.63) is 54.2 Å². The van der Waals surface area contributed by atoms with E-state index in [9.17, 15) is 4.79 Å². The highest BCUT2D eigenvalue weighted by Gasteiger charge is 2.24. The van der Waals surface area contributed by atoms with Crippen LogP contribution in [-0.2, 0) is 0 Å². The van der Waals surface area contributed by atoms with Gasteiger partial charge in [0.05, 0.1) is 7.11 Å². The van der Waals surface area contributed by atoms with Crippen LogP contribution in [0.1, 0.15) is 42.5 Å². The third-order valence-electron chi connectivity index (χ3n) is 6.73. The number of hydrogen-bond donors (Lipinski definition) is 1. The van der Waals surface area contributed by atoms with Crippen molar-refractivity contribution in [2.75, 3.05) is 44.7 Å². The Labute approximate surface area is 185 Å². The molecule has 6 heteroatoms. The molecular formula is C25H34N4O2. The molecule has 1 aliphatic carbocycles. The number of pyridine rings is 1. The SMILES string of the molecule is COc1ccc(C(=O)N[C@H]2CC[C@@H](CCN3CCN(c4ccccn4)CC3)CC2)cc1. The zero-order valence-electron chi connectivity index (χ0n) is 18.5. The van der Waals surface area contributed by atoms with Gasteiger partial charge in [-0.05, 0) is 81.0 Å². The number of carbonyl (C=O) groups excluding carboxylic acids is 1. The molecule has 1 saturated carbocycles. The van der Waals surface area contributed by atoms with Gasteiger partial charge in [-0.2, -0.15) is 0 Å². The summed E-state index contributed by atoms with van der Waals surface area (Å²) in [4.78, 5) is 21.9. The summed E-state index contributed by atoms with van der Waals surface area (Å²) in [6, 6.07) is 13.8. The molecule has 0 unspecified atom stereocenters. The number of ether oxygens (including phenoxy) is 1. The maximum Gasteiger partial charge on any atom is 0.251 e. The summed E-state index contributed by atoms with van der Waals surface area (Å²) in [7, 11) is 1.63. The molecule has 1 N–H and O–H groups in total. The molecule has 2 aromatic rings. The molecule has 2 fully saturated rings. The minimum atomic E-state index is 0.0249. The number of nitrogens with zero attached hydrogens (tertiary/aromatic N) is 3. The van der Waals surface area contributed by atoms with Crippen LogP contribution in [0.3, 0.4) is 0 Å². The van der Waals surface area contributed by atoms with Crippen LogP contribution in [0.4, 0.5) is 5.82 Å². The summed E-state index contributed by atoms with van der Waals surface area (Å²) in [5, 5.41) is 3.22. The van der Waals surface area contributed by atoms with Crippen molar-refractivity contribution in [2.24, 2.45) is 5.92 Å². The van der Waals surface area contributed by atoms with E-state index in [0.717, 1.165) is 56.5 Å². The average Bonchev–Trinajstić information content (AvgIpc) is 2.84. The van der Waals surface area contributed by atoms with Crippen LogP contribution in [0.25, 0.3) is 0 Å². The monoisotopic (exact) mass is 422 g/mol. The topological polar surface area (TPSA) is 57.7 Å². The predicted molar refractivity (Wildman–Crippen MR) is 124 cm³/mol. The van der Waals surface area contributed by atoms with Gasteiger partial charge < -0.3 is 15.0 Å². The highest BCUT2D eigenvalue weighted by Crippen LogP contribution is 2.27. The second kappa shape index (κ2) is 10.6. The Balaban J connectivity index is 1.13. The zero-order chi connectivity index (χ0) is 21.5. The van der Waals surface area contributed by atoms with E-state index >= 15 is 0 Å². The Morgan fingerprint density at radius 3 is 2.42 bits per heavy atom. The molecule has 166 valence electrons. The first-order valence-electron chi connectivity index (χ1n) is 11.5. The molecule has 0 spiro atoms. The third kappa shape index (κ3) is 5.97. The molecule has 2 aliphatic rings. The van der Waals surface area contributed by atoms with Crippen molar-refractivity contribution < 1.29 is 9.53 Å². The summed E-state index contributed by atoms with van der Waals surface area (Å²) in [6.07, 6.45) is 7.73. The first-order chi connectivity index (χ1) is 15.2. The van der Waals surface area contributed by atoms with Crippen LogP contribution in [0.15, 0.2) is 48.7 Å². The fourth-order valence-corrected chi connectivity index (χ4v) is 4.71. The molecular weight excluding hydrogens is 388 g/mol. The molecule has 1 saturated heterocycles. The largest absolute Gasteiger partial charge is 0.497 e. The number of rotatable bonds is 7. The van der Waals surface area contributed by atoms with E-state index in [-0.39, 0.29) is 5.91 Å². The van der Waals surface area contributed by atoms with Gasteiger partial charge in [0.25, 0.3) is 5.91 Å². The summed E-state index contributed by atoms with van der Waals surface area (Å²) < 4.78 is 5.16. The van der Waals surface area contributed by atoms with E-state index in [1.165, 1.54) is 25.8 Å². The molecule has 0 radical (unpaired) electrons. The van der Waals surface area contributed by atoms with Crippen LogP contribution in [0.5, 0.6) is 5.75 Å². The third-order valence-corrected chi connectivity index (χ3v) is 6.73. The maximum atomic E-state index is 12.5. The maximum absolute atomic E-state index is 12.5. The summed E-state index contributed by atoms with van der Waals surface area (Å²) in [6.45, 7) is 5.53. The lowest BCUT2D eigenvalue weighted by Crippen LogP contribution is -2.47. The van der Waals surface area contributed by atoms with E-state index in [4.69, 9.17) is 4.74 Å². The molecule has 1 amide bonds. The van der Waals surface area contributed by atoms with E-state index in [1.807, 2.05) is 36.5 Å². The lowest BCUT2D eigenvalue weighted by Gasteiger charge is -2.36. The molecule has 0 bridgehead atoms. The normalized spacial score (nSPS) is 22.2. The Kier molecular flexibility index (Phi) is 7.41. The van der Waals surface area contributed by atoms with Crippen LogP contribution in [0, 0.1) is 5.92 Å². The molecule has 4 rings (SSSR count). The molecule has 1 aromatic heterocycles. The van der Waals surface area contributed by atoms with Gasteiger partial charge in [-0.15, -0.1) is 0 Å². The second-order valence-electron chi connectivity index (χ2n) is 8.72. The molecule has 1 aliphatic heterocycles. The van der Waals surface area contributed by atoms with Gasteiger partial charge in [0.15, 0.2) is 0 Å². The Morgan fingerprint density at radius 1 is 1.03 bits per heavy atom. The number of methoxy groups -OCH3 is 1. The van der Waals surface area contributed by atoms with Gasteiger partial charge in [-0.3, -0.25) is 9.69 Å². The van der Waals surface area contributed by atoms with E-state index < -0.39 is 0 Å². The Bertz CT molecular complexity index is 811. The Morgan fingerprint density at radius 2 is 1.77 bits per heavy atom. The van der Waals surface area contributed by atoms with Crippen molar-refractivity contribution >= 4 is 11.7 Å². The van der Waals surface area contributed by atoms with Crippen molar-refractivity contribution in [3.8, 4) is 5.75 Å². The minimum absolute atomic E-state index is 0.0249. The van der Waals surface area contributed by atoms with Crippen LogP contribution >= 0.6 is 0 Å². The smallest absolute Gasteiger partial charge is 0.251 e. The van der Waals surface area contributed by atoms with Crippen molar-refractivity contribution in [1.82, 2.24) is 15.2 Å². The quantitative estimate of drug-likeness (QED) is 0.739. The van der Waals surface area contributed by atoms with Crippen molar-refractivity contribution in [3.63, 3.8) is 0 Å². The standard InChI is InChI=1S/C25H34N4O2/c1-31-23-11-7-21(8-12-23)25(30)27-22-9-5-20(6-10-22)13-15-28-16-18-29(19-17-28)24-4-2-3-14-26-24/h2-4,7-8,11-12,14,20,22H,5-6,9-10,13,15-19H2,1H3,(H,27,30)/t20-,22+. The Hall–Kier alpha value is -2.60. The first-order valence-corrected chi connectivity index (χ1v) is 11.5. The number of anilines is 1.